The van der Waals surface area contributed by atoms with Crippen LogP contribution in [0.2, 0.25) is 0 Å². The Labute approximate surface area is 148 Å². The maximum atomic E-state index is 12.7. The molecule has 4 rings (SSSR count). The zero-order chi connectivity index (χ0) is 17.4. The zero-order valence-electron chi connectivity index (χ0n) is 14.7. The topological polar surface area (TPSA) is 45.9 Å². The molecule has 2 heterocycles. The fourth-order valence-electron chi connectivity index (χ4n) is 3.74. The molecule has 132 valence electrons. The summed E-state index contributed by atoms with van der Waals surface area (Å²) in [6, 6.07) is 11.9. The largest absolute Gasteiger partial charge is 0.485 e. The van der Waals surface area contributed by atoms with E-state index < -0.39 is 0 Å². The number of likely N-dealkylation sites (N-methyl/N-ethyl adjacent to an activating group) is 2. The summed E-state index contributed by atoms with van der Waals surface area (Å²) in [5.74, 6) is 2.30. The molecule has 1 amide bonds. The van der Waals surface area contributed by atoms with Crippen LogP contribution < -0.4 is 9.64 Å². The Kier molecular flexibility index (Phi) is 4.15. The Morgan fingerprint density at radius 1 is 1.28 bits per heavy atom. The predicted octanol–water partition coefficient (Wildman–Crippen LogP) is 3.13. The second-order valence-corrected chi connectivity index (χ2v) is 6.93. The summed E-state index contributed by atoms with van der Waals surface area (Å²) < 4.78 is 11.6. The van der Waals surface area contributed by atoms with E-state index in [1.54, 1.807) is 6.26 Å². The summed E-state index contributed by atoms with van der Waals surface area (Å²) in [7, 11) is 1.88. The van der Waals surface area contributed by atoms with Crippen LogP contribution in [0.25, 0.3) is 0 Å². The third kappa shape index (κ3) is 3.11. The molecule has 1 aliphatic carbocycles. The molecule has 0 unspecified atom stereocenters. The summed E-state index contributed by atoms with van der Waals surface area (Å²) in [6.45, 7) is 4.48. The van der Waals surface area contributed by atoms with Crippen LogP contribution in [0, 0.1) is 5.92 Å². The van der Waals surface area contributed by atoms with Crippen LogP contribution in [0.15, 0.2) is 47.1 Å². The van der Waals surface area contributed by atoms with Gasteiger partial charge in [-0.25, -0.2) is 0 Å². The molecule has 0 radical (unpaired) electrons. The number of anilines is 1. The van der Waals surface area contributed by atoms with Crippen LogP contribution in [0.3, 0.4) is 0 Å². The van der Waals surface area contributed by atoms with Gasteiger partial charge in [-0.3, -0.25) is 4.79 Å². The minimum absolute atomic E-state index is 0.00962. The predicted molar refractivity (Wildman–Crippen MR) is 95.9 cm³/mol. The number of amides is 1. The van der Waals surface area contributed by atoms with Gasteiger partial charge in [0.15, 0.2) is 0 Å². The van der Waals surface area contributed by atoms with Crippen molar-refractivity contribution in [3.8, 4) is 5.75 Å². The quantitative estimate of drug-likeness (QED) is 0.839. The van der Waals surface area contributed by atoms with Gasteiger partial charge in [0, 0.05) is 25.4 Å². The number of fused-ring (bicyclic) bond motifs is 1. The number of hydrogen-bond donors (Lipinski definition) is 0. The highest BCUT2D eigenvalue weighted by atomic mass is 16.5. The van der Waals surface area contributed by atoms with Gasteiger partial charge in [0.1, 0.15) is 17.6 Å². The zero-order valence-corrected chi connectivity index (χ0v) is 14.7. The molecule has 25 heavy (non-hydrogen) atoms. The summed E-state index contributed by atoms with van der Waals surface area (Å²) >= 11 is 0. The molecule has 1 saturated carbocycles. The average Bonchev–Trinajstić information content (AvgIpc) is 3.24. The molecule has 1 aromatic heterocycles. The first-order valence-electron chi connectivity index (χ1n) is 8.96. The van der Waals surface area contributed by atoms with Crippen molar-refractivity contribution in [2.24, 2.45) is 5.92 Å². The van der Waals surface area contributed by atoms with Gasteiger partial charge in [-0.1, -0.05) is 12.1 Å². The first kappa shape index (κ1) is 16.1. The Morgan fingerprint density at radius 3 is 2.88 bits per heavy atom. The molecule has 1 fully saturated rings. The molecule has 5 nitrogen and oxygen atoms in total. The van der Waals surface area contributed by atoms with Gasteiger partial charge in [0.05, 0.1) is 25.0 Å². The monoisotopic (exact) mass is 340 g/mol. The smallest absolute Gasteiger partial charge is 0.226 e. The number of ether oxygens (including phenoxy) is 1. The van der Waals surface area contributed by atoms with Crippen molar-refractivity contribution in [3.05, 3.63) is 48.4 Å². The third-order valence-electron chi connectivity index (χ3n) is 5.18. The lowest BCUT2D eigenvalue weighted by Crippen LogP contribution is -2.47. The van der Waals surface area contributed by atoms with Crippen LogP contribution in [0.4, 0.5) is 5.69 Å². The van der Waals surface area contributed by atoms with E-state index in [1.165, 1.54) is 0 Å². The highest BCUT2D eigenvalue weighted by molar-refractivity contribution is 5.82. The van der Waals surface area contributed by atoms with Crippen LogP contribution in [-0.2, 0) is 4.79 Å². The van der Waals surface area contributed by atoms with Crippen molar-refractivity contribution < 1.29 is 13.9 Å². The molecular weight excluding hydrogens is 316 g/mol. The Morgan fingerprint density at radius 2 is 2.12 bits per heavy atom. The summed E-state index contributed by atoms with van der Waals surface area (Å²) in [5.41, 5.74) is 1.13. The maximum Gasteiger partial charge on any atom is 0.226 e. The minimum atomic E-state index is -0.00962. The fraction of sp³-hybridized carbons (Fsp3) is 0.450. The van der Waals surface area contributed by atoms with Gasteiger partial charge in [0.2, 0.25) is 5.91 Å². The lowest BCUT2D eigenvalue weighted by Gasteiger charge is -2.37. The second-order valence-electron chi connectivity index (χ2n) is 6.93. The fourth-order valence-corrected chi connectivity index (χ4v) is 3.74. The van der Waals surface area contributed by atoms with E-state index in [9.17, 15) is 4.79 Å². The number of hydrogen-bond acceptors (Lipinski definition) is 4. The lowest BCUT2D eigenvalue weighted by molar-refractivity contribution is -0.132. The van der Waals surface area contributed by atoms with Gasteiger partial charge in [0.25, 0.3) is 0 Å². The van der Waals surface area contributed by atoms with Crippen LogP contribution in [0.1, 0.15) is 25.0 Å². The molecule has 1 aromatic carbocycles. The first-order chi connectivity index (χ1) is 12.2. The minimum Gasteiger partial charge on any atom is -0.485 e. The van der Waals surface area contributed by atoms with Crippen molar-refractivity contribution in [1.82, 2.24) is 4.90 Å². The lowest BCUT2D eigenvalue weighted by atomic mass is 10.1. The van der Waals surface area contributed by atoms with Gasteiger partial charge in [-0.2, -0.15) is 0 Å². The van der Waals surface area contributed by atoms with E-state index in [1.807, 2.05) is 42.3 Å². The van der Waals surface area contributed by atoms with E-state index >= 15 is 0 Å². The van der Waals surface area contributed by atoms with Crippen molar-refractivity contribution in [2.45, 2.75) is 25.4 Å². The number of carbonyl (C=O) groups is 1. The Bertz CT molecular complexity index is 743. The number of rotatable bonds is 5. The molecule has 1 aliphatic heterocycles. The summed E-state index contributed by atoms with van der Waals surface area (Å²) in [6.07, 6.45) is 2.54. The standard InChI is InChI=1S/C20H24N2O3/c1-3-22-13-14(25-19-8-5-4-7-17(19)22)12-21(2)20(23)16-11-15(16)18-9-6-10-24-18/h4-10,14-16H,3,11-13H2,1-2H3/t14-,15+,16-/m0/s1. The van der Waals surface area contributed by atoms with E-state index in [4.69, 9.17) is 9.15 Å². The van der Waals surface area contributed by atoms with Crippen LogP contribution >= 0.6 is 0 Å². The van der Waals surface area contributed by atoms with Gasteiger partial charge in [-0.15, -0.1) is 0 Å². The van der Waals surface area contributed by atoms with Gasteiger partial charge in [-0.05, 0) is 37.6 Å². The maximum absolute atomic E-state index is 12.7. The van der Waals surface area contributed by atoms with E-state index in [0.29, 0.717) is 6.54 Å². The van der Waals surface area contributed by atoms with Gasteiger partial charge >= 0.3 is 0 Å². The molecule has 5 heteroatoms. The summed E-state index contributed by atoms with van der Waals surface area (Å²) in [4.78, 5) is 16.8. The molecule has 3 atom stereocenters. The van der Waals surface area contributed by atoms with E-state index in [2.05, 4.69) is 17.9 Å². The Hall–Kier alpha value is -2.43. The molecule has 0 bridgehead atoms. The van der Waals surface area contributed by atoms with Gasteiger partial charge < -0.3 is 19.0 Å². The molecule has 0 N–H and O–H groups in total. The number of furan rings is 1. The molecule has 2 aromatic rings. The van der Waals surface area contributed by atoms with E-state index in [-0.39, 0.29) is 23.8 Å². The molecule has 0 spiro atoms. The highest BCUT2D eigenvalue weighted by Crippen LogP contribution is 2.48. The summed E-state index contributed by atoms with van der Waals surface area (Å²) in [5, 5.41) is 0. The highest BCUT2D eigenvalue weighted by Gasteiger charge is 2.47. The average molecular weight is 340 g/mol. The van der Waals surface area contributed by atoms with Crippen molar-refractivity contribution >= 4 is 11.6 Å². The van der Waals surface area contributed by atoms with Crippen LogP contribution in [0.5, 0.6) is 5.75 Å². The normalized spacial score (nSPS) is 24.4. The number of para-hydroxylation sites is 2. The molecular formula is C20H24N2O3. The van der Waals surface area contributed by atoms with E-state index in [0.717, 1.165) is 36.7 Å². The second kappa shape index (κ2) is 6.47. The van der Waals surface area contributed by atoms with Crippen LogP contribution in [-0.4, -0.2) is 43.6 Å². The number of nitrogens with zero attached hydrogens (tertiary/aromatic N) is 2. The third-order valence-corrected chi connectivity index (χ3v) is 5.18. The molecule has 2 aliphatic rings. The van der Waals surface area contributed by atoms with Crippen molar-refractivity contribution in [2.75, 3.05) is 31.6 Å². The number of carbonyl (C=O) groups excluding carboxylic acids is 1. The Balaban J connectivity index is 1.38. The first-order valence-corrected chi connectivity index (χ1v) is 8.96. The van der Waals surface area contributed by atoms with Crippen molar-refractivity contribution in [1.29, 1.82) is 0 Å². The number of benzene rings is 1. The SMILES string of the molecule is CCN1C[C@H](CN(C)C(=O)[C@H]2C[C@H]2c2ccco2)Oc2ccccc21. The molecule has 0 saturated heterocycles. The van der Waals surface area contributed by atoms with Crippen molar-refractivity contribution in [3.63, 3.8) is 0 Å².